The molecule has 7 heteroatoms. The van der Waals surface area contributed by atoms with Crippen LogP contribution in [0.2, 0.25) is 0 Å². The zero-order valence-electron chi connectivity index (χ0n) is 14.0. The van der Waals surface area contributed by atoms with Crippen molar-refractivity contribution < 1.29 is 4.74 Å². The number of hydrogen-bond acceptors (Lipinski definition) is 7. The summed E-state index contributed by atoms with van der Waals surface area (Å²) in [6.07, 6.45) is 1.01. The Bertz CT molecular complexity index is 435. The largest absolute Gasteiger partial charge is 0.467 e. The van der Waals surface area contributed by atoms with E-state index in [4.69, 9.17) is 4.74 Å². The molecule has 1 aromatic heterocycles. The first-order valence-electron chi connectivity index (χ1n) is 7.29. The lowest BCUT2D eigenvalue weighted by atomic mass is 9.93. The first-order valence-corrected chi connectivity index (χ1v) is 7.29. The molecule has 0 amide bonds. The Morgan fingerprint density at radius 1 is 1.10 bits per heavy atom. The summed E-state index contributed by atoms with van der Waals surface area (Å²) in [7, 11) is 5.69. The van der Waals surface area contributed by atoms with E-state index in [0.717, 1.165) is 26.1 Å². The molecule has 120 valence electrons. The van der Waals surface area contributed by atoms with E-state index in [1.165, 1.54) is 0 Å². The fraction of sp³-hybridized carbons (Fsp3) is 0.786. The molecule has 0 aromatic carbocycles. The highest BCUT2D eigenvalue weighted by Gasteiger charge is 2.19. The monoisotopic (exact) mass is 296 g/mol. The zero-order chi connectivity index (χ0) is 15.9. The Kier molecular flexibility index (Phi) is 6.61. The highest BCUT2D eigenvalue weighted by atomic mass is 16.5. The summed E-state index contributed by atoms with van der Waals surface area (Å²) in [5, 5.41) is 6.42. The Balaban J connectivity index is 2.73. The van der Waals surface area contributed by atoms with E-state index < -0.39 is 0 Å². The molecule has 2 N–H and O–H groups in total. The highest BCUT2D eigenvalue weighted by molar-refractivity contribution is 5.36. The van der Waals surface area contributed by atoms with Gasteiger partial charge in [-0.05, 0) is 25.9 Å². The minimum absolute atomic E-state index is 0.111. The average Bonchev–Trinajstić information content (AvgIpc) is 2.41. The van der Waals surface area contributed by atoms with E-state index in [1.807, 2.05) is 0 Å². The summed E-state index contributed by atoms with van der Waals surface area (Å²) in [5.41, 5.74) is 0.111. The van der Waals surface area contributed by atoms with Crippen LogP contribution in [0.5, 0.6) is 6.01 Å². The van der Waals surface area contributed by atoms with Crippen LogP contribution in [0.15, 0.2) is 0 Å². The van der Waals surface area contributed by atoms with E-state index in [0.29, 0.717) is 17.9 Å². The van der Waals surface area contributed by atoms with Crippen LogP contribution in [-0.4, -0.2) is 60.7 Å². The van der Waals surface area contributed by atoms with Crippen molar-refractivity contribution in [2.45, 2.75) is 27.2 Å². The molecule has 1 heterocycles. The molecular formula is C14H28N6O. The van der Waals surface area contributed by atoms with E-state index in [1.54, 1.807) is 7.11 Å². The van der Waals surface area contributed by atoms with Crippen LogP contribution in [0.4, 0.5) is 11.9 Å². The number of aromatic nitrogens is 3. The third kappa shape index (κ3) is 6.57. The van der Waals surface area contributed by atoms with Gasteiger partial charge in [-0.15, -0.1) is 0 Å². The molecule has 0 aliphatic carbocycles. The maximum atomic E-state index is 5.12. The molecule has 0 bridgehead atoms. The number of nitrogens with one attached hydrogen (secondary N) is 2. The summed E-state index contributed by atoms with van der Waals surface area (Å²) in [6.45, 7) is 9.06. The van der Waals surface area contributed by atoms with Gasteiger partial charge in [-0.3, -0.25) is 0 Å². The standard InChI is InChI=1S/C14H28N6O/c1-7-8-15-11-17-12(19-13(18-11)21-6)16-9-14(2,3)10-20(4)5/h7-10H2,1-6H3,(H2,15,16,17,18,19). The lowest BCUT2D eigenvalue weighted by molar-refractivity contribution is 0.253. The van der Waals surface area contributed by atoms with Gasteiger partial charge in [0.15, 0.2) is 0 Å². The fourth-order valence-corrected chi connectivity index (χ4v) is 2.07. The summed E-state index contributed by atoms with van der Waals surface area (Å²) in [6, 6.07) is 0.316. The Morgan fingerprint density at radius 2 is 1.71 bits per heavy atom. The molecule has 0 aliphatic heterocycles. The fourth-order valence-electron chi connectivity index (χ4n) is 2.07. The minimum atomic E-state index is 0.111. The number of nitrogens with zero attached hydrogens (tertiary/aromatic N) is 4. The van der Waals surface area contributed by atoms with Crippen LogP contribution in [-0.2, 0) is 0 Å². The predicted molar refractivity (Wildman–Crippen MR) is 86.0 cm³/mol. The van der Waals surface area contributed by atoms with Crippen molar-refractivity contribution in [3.8, 4) is 6.01 Å². The second-order valence-corrected chi connectivity index (χ2v) is 6.15. The molecule has 1 aromatic rings. The Morgan fingerprint density at radius 3 is 2.24 bits per heavy atom. The number of ether oxygens (including phenoxy) is 1. The van der Waals surface area contributed by atoms with Crippen LogP contribution in [0.1, 0.15) is 27.2 Å². The van der Waals surface area contributed by atoms with Crippen molar-refractivity contribution in [3.63, 3.8) is 0 Å². The van der Waals surface area contributed by atoms with Gasteiger partial charge in [-0.2, -0.15) is 15.0 Å². The third-order valence-electron chi connectivity index (χ3n) is 2.80. The maximum Gasteiger partial charge on any atom is 0.322 e. The van der Waals surface area contributed by atoms with Crippen LogP contribution in [0, 0.1) is 5.41 Å². The molecule has 1 rings (SSSR count). The molecular weight excluding hydrogens is 268 g/mol. The van der Waals surface area contributed by atoms with E-state index in [2.05, 4.69) is 65.4 Å². The molecule has 0 aliphatic rings. The van der Waals surface area contributed by atoms with E-state index in [-0.39, 0.29) is 5.41 Å². The third-order valence-corrected chi connectivity index (χ3v) is 2.80. The first-order chi connectivity index (χ1) is 9.86. The molecule has 0 atom stereocenters. The maximum absolute atomic E-state index is 5.12. The van der Waals surface area contributed by atoms with Crippen LogP contribution >= 0.6 is 0 Å². The average molecular weight is 296 g/mol. The van der Waals surface area contributed by atoms with Gasteiger partial charge in [0.2, 0.25) is 11.9 Å². The quantitative estimate of drug-likeness (QED) is 0.718. The first kappa shape index (κ1) is 17.4. The van der Waals surface area contributed by atoms with Gasteiger partial charge in [-0.1, -0.05) is 20.8 Å². The van der Waals surface area contributed by atoms with Crippen LogP contribution in [0.25, 0.3) is 0 Å². The van der Waals surface area contributed by atoms with Gasteiger partial charge >= 0.3 is 6.01 Å². The van der Waals surface area contributed by atoms with E-state index in [9.17, 15) is 0 Å². The molecule has 0 unspecified atom stereocenters. The van der Waals surface area contributed by atoms with Gasteiger partial charge < -0.3 is 20.3 Å². The Labute approximate surface area is 127 Å². The summed E-state index contributed by atoms with van der Waals surface area (Å²) in [5.74, 6) is 1.07. The van der Waals surface area contributed by atoms with Gasteiger partial charge in [-0.25, -0.2) is 0 Å². The molecule has 0 saturated carbocycles. The van der Waals surface area contributed by atoms with Crippen molar-refractivity contribution in [2.75, 3.05) is 51.5 Å². The van der Waals surface area contributed by atoms with Crippen molar-refractivity contribution in [2.24, 2.45) is 5.41 Å². The van der Waals surface area contributed by atoms with Gasteiger partial charge in [0.1, 0.15) is 0 Å². The SMILES string of the molecule is CCCNc1nc(NCC(C)(C)CN(C)C)nc(OC)n1. The minimum Gasteiger partial charge on any atom is -0.467 e. The lowest BCUT2D eigenvalue weighted by Gasteiger charge is -2.28. The zero-order valence-corrected chi connectivity index (χ0v) is 14.0. The van der Waals surface area contributed by atoms with Crippen molar-refractivity contribution >= 4 is 11.9 Å². The van der Waals surface area contributed by atoms with E-state index >= 15 is 0 Å². The topological polar surface area (TPSA) is 75.2 Å². The van der Waals surface area contributed by atoms with Gasteiger partial charge in [0.05, 0.1) is 7.11 Å². The molecule has 0 radical (unpaired) electrons. The number of anilines is 2. The summed E-state index contributed by atoms with van der Waals surface area (Å²) in [4.78, 5) is 14.9. The van der Waals surface area contributed by atoms with Crippen LogP contribution < -0.4 is 15.4 Å². The molecule has 7 nitrogen and oxygen atoms in total. The smallest absolute Gasteiger partial charge is 0.322 e. The number of methoxy groups -OCH3 is 1. The molecule has 0 fully saturated rings. The number of hydrogen-bond donors (Lipinski definition) is 2. The number of rotatable bonds is 9. The predicted octanol–water partition coefficient (Wildman–Crippen LogP) is 1.70. The van der Waals surface area contributed by atoms with Crippen molar-refractivity contribution in [3.05, 3.63) is 0 Å². The molecule has 0 saturated heterocycles. The lowest BCUT2D eigenvalue weighted by Crippen LogP contribution is -2.34. The summed E-state index contributed by atoms with van der Waals surface area (Å²) < 4.78 is 5.12. The Hall–Kier alpha value is -1.63. The van der Waals surface area contributed by atoms with Gasteiger partial charge in [0, 0.05) is 19.6 Å². The molecule has 0 spiro atoms. The van der Waals surface area contributed by atoms with Crippen LogP contribution in [0.3, 0.4) is 0 Å². The molecule has 21 heavy (non-hydrogen) atoms. The summed E-state index contributed by atoms with van der Waals surface area (Å²) >= 11 is 0. The van der Waals surface area contributed by atoms with Crippen molar-refractivity contribution in [1.82, 2.24) is 19.9 Å². The normalized spacial score (nSPS) is 11.6. The van der Waals surface area contributed by atoms with Crippen molar-refractivity contribution in [1.29, 1.82) is 0 Å². The highest BCUT2D eigenvalue weighted by Crippen LogP contribution is 2.17. The second-order valence-electron chi connectivity index (χ2n) is 6.15. The second kappa shape index (κ2) is 7.97. The van der Waals surface area contributed by atoms with Gasteiger partial charge in [0.25, 0.3) is 0 Å².